The van der Waals surface area contributed by atoms with Crippen LogP contribution >= 0.6 is 11.8 Å². The van der Waals surface area contributed by atoms with Gasteiger partial charge in [0.15, 0.2) is 0 Å². The van der Waals surface area contributed by atoms with Crippen molar-refractivity contribution in [2.45, 2.75) is 29.1 Å². The Morgan fingerprint density at radius 2 is 0.791 bits per heavy atom. The summed E-state index contributed by atoms with van der Waals surface area (Å²) in [6, 6.07) is 83.5. The Kier molecular flexibility index (Phi) is 8.26. The van der Waals surface area contributed by atoms with Gasteiger partial charge in [-0.05, 0) is 141 Å². The number of aromatic nitrogens is 1. The fourth-order valence-electron chi connectivity index (χ4n) is 11.4. The van der Waals surface area contributed by atoms with Gasteiger partial charge in [0.25, 0.3) is 0 Å². The summed E-state index contributed by atoms with van der Waals surface area (Å²) in [4.78, 5) is 7.49. The molecule has 0 radical (unpaired) electrons. The zero-order valence-electron chi connectivity index (χ0n) is 37.1. The number of benzene rings is 10. The van der Waals surface area contributed by atoms with E-state index in [1.165, 1.54) is 110 Å². The van der Waals surface area contributed by atoms with Gasteiger partial charge in [-0.3, -0.25) is 0 Å². The first-order valence-electron chi connectivity index (χ1n) is 23.2. The first-order chi connectivity index (χ1) is 33.0. The Labute approximate surface area is 394 Å². The molecule has 0 saturated carbocycles. The van der Waals surface area contributed by atoms with E-state index in [1.807, 2.05) is 11.8 Å². The number of hydrogen-bond donors (Lipinski definition) is 0. The molecular formula is C63H43N3S. The molecule has 10 aromatic carbocycles. The molecule has 0 atom stereocenters. The molecule has 14 rings (SSSR count). The summed E-state index contributed by atoms with van der Waals surface area (Å²) in [5, 5.41) is 2.53. The van der Waals surface area contributed by atoms with E-state index in [9.17, 15) is 0 Å². The number of anilines is 6. The van der Waals surface area contributed by atoms with Crippen molar-refractivity contribution in [2.75, 3.05) is 9.80 Å². The maximum Gasteiger partial charge on any atom is 0.0601 e. The van der Waals surface area contributed by atoms with E-state index in [4.69, 9.17) is 0 Å². The molecule has 3 nitrogen and oxygen atoms in total. The Balaban J connectivity index is 0.993. The van der Waals surface area contributed by atoms with E-state index in [0.717, 1.165) is 17.1 Å². The molecule has 11 aromatic rings. The largest absolute Gasteiger partial charge is 0.310 e. The van der Waals surface area contributed by atoms with Crippen LogP contribution in [0, 0.1) is 0 Å². The lowest BCUT2D eigenvalue weighted by molar-refractivity contribution is 0.633. The van der Waals surface area contributed by atoms with Gasteiger partial charge in [0.1, 0.15) is 0 Å². The topological polar surface area (TPSA) is 11.4 Å². The smallest absolute Gasteiger partial charge is 0.0601 e. The summed E-state index contributed by atoms with van der Waals surface area (Å²) < 4.78 is 2.44. The fraction of sp³-hybridized carbons (Fsp3) is 0.0476. The van der Waals surface area contributed by atoms with Crippen LogP contribution in [-0.4, -0.2) is 4.57 Å². The second kappa shape index (κ2) is 14.5. The van der Waals surface area contributed by atoms with Gasteiger partial charge >= 0.3 is 0 Å². The van der Waals surface area contributed by atoms with Crippen LogP contribution < -0.4 is 9.80 Å². The highest BCUT2D eigenvalue weighted by Gasteiger charge is 2.38. The minimum atomic E-state index is -0.249. The maximum absolute atomic E-state index is 2.53. The standard InChI is InChI=1S/C63H43N3S/c1-63(2)53-25-11-13-27-56(53)65(60-39-59-52(38-54(60)63)49-24-10-12-26-55(49)64(59)40-18-4-3-5-19-40)41-32-34-47-44-21-7-9-23-46(44)51-37-42(33-35-48(51)43-20-6-8-22-45(43)50(47)36-41)66-57-28-14-16-30-61(57)67-62-31-17-15-29-58(62)66/h3-39H,1-2H3. The lowest BCUT2D eigenvalue weighted by Crippen LogP contribution is -2.30. The Hall–Kier alpha value is -8.05. The average Bonchev–Trinajstić information content (AvgIpc) is 3.70. The van der Waals surface area contributed by atoms with Crippen LogP contribution in [-0.2, 0) is 5.41 Å². The molecule has 2 aliphatic heterocycles. The highest BCUT2D eigenvalue weighted by atomic mass is 32.2. The summed E-state index contributed by atoms with van der Waals surface area (Å²) in [5.41, 5.74) is 22.8. The Morgan fingerprint density at radius 1 is 0.313 bits per heavy atom. The highest BCUT2D eigenvalue weighted by Crippen LogP contribution is 2.57. The van der Waals surface area contributed by atoms with Gasteiger partial charge in [0.05, 0.1) is 33.8 Å². The molecule has 316 valence electrons. The van der Waals surface area contributed by atoms with E-state index >= 15 is 0 Å². The molecule has 0 spiro atoms. The number of rotatable bonds is 3. The number of hydrogen-bond acceptors (Lipinski definition) is 3. The van der Waals surface area contributed by atoms with Gasteiger partial charge in [0, 0.05) is 43.0 Å². The highest BCUT2D eigenvalue weighted by molar-refractivity contribution is 7.99. The normalized spacial score (nSPS) is 13.8. The lowest BCUT2D eigenvalue weighted by Gasteiger charge is -2.42. The predicted molar refractivity (Wildman–Crippen MR) is 282 cm³/mol. The first-order valence-corrected chi connectivity index (χ1v) is 24.0. The number of para-hydroxylation sites is 5. The molecule has 4 heteroatoms. The van der Waals surface area contributed by atoms with Crippen molar-refractivity contribution in [2.24, 2.45) is 0 Å². The van der Waals surface area contributed by atoms with Crippen LogP contribution in [0.2, 0.25) is 0 Å². The van der Waals surface area contributed by atoms with Crippen molar-refractivity contribution < 1.29 is 0 Å². The molecule has 0 unspecified atom stereocenters. The number of fused-ring (bicyclic) bond motifs is 15. The number of nitrogens with zero attached hydrogens (tertiary/aromatic N) is 3. The van der Waals surface area contributed by atoms with Gasteiger partial charge in [-0.1, -0.05) is 165 Å². The van der Waals surface area contributed by atoms with Crippen molar-refractivity contribution in [3.63, 3.8) is 0 Å². The van der Waals surface area contributed by atoms with Crippen LogP contribution in [0.4, 0.5) is 34.1 Å². The van der Waals surface area contributed by atoms with Gasteiger partial charge in [-0.2, -0.15) is 0 Å². The van der Waals surface area contributed by atoms with Crippen LogP contribution in [0.25, 0.3) is 72.0 Å². The summed E-state index contributed by atoms with van der Waals surface area (Å²) in [5.74, 6) is 0. The Morgan fingerprint density at radius 3 is 1.42 bits per heavy atom. The van der Waals surface area contributed by atoms with Crippen molar-refractivity contribution in [3.05, 3.63) is 236 Å². The predicted octanol–water partition coefficient (Wildman–Crippen LogP) is 17.8. The molecule has 0 fully saturated rings. The third kappa shape index (κ3) is 5.60. The molecule has 0 saturated heterocycles. The van der Waals surface area contributed by atoms with Gasteiger partial charge in [-0.15, -0.1) is 0 Å². The second-order valence-electron chi connectivity index (χ2n) is 18.5. The van der Waals surface area contributed by atoms with Crippen molar-refractivity contribution >= 4 is 67.7 Å². The monoisotopic (exact) mass is 873 g/mol. The summed E-state index contributed by atoms with van der Waals surface area (Å²) >= 11 is 1.85. The van der Waals surface area contributed by atoms with E-state index in [0.29, 0.717) is 0 Å². The van der Waals surface area contributed by atoms with E-state index < -0.39 is 0 Å². The molecule has 0 N–H and O–H groups in total. The van der Waals surface area contributed by atoms with Crippen molar-refractivity contribution in [3.8, 4) is 50.2 Å². The first kappa shape index (κ1) is 38.2. The van der Waals surface area contributed by atoms with Gasteiger partial charge < -0.3 is 14.4 Å². The summed E-state index contributed by atoms with van der Waals surface area (Å²) in [6.45, 7) is 4.78. The molecule has 0 amide bonds. The zero-order valence-corrected chi connectivity index (χ0v) is 37.9. The van der Waals surface area contributed by atoms with Crippen LogP contribution in [0.3, 0.4) is 0 Å². The second-order valence-corrected chi connectivity index (χ2v) is 19.6. The summed E-state index contributed by atoms with van der Waals surface area (Å²) in [7, 11) is 0. The minimum absolute atomic E-state index is 0.249. The lowest BCUT2D eigenvalue weighted by atomic mass is 9.73. The minimum Gasteiger partial charge on any atom is -0.310 e. The van der Waals surface area contributed by atoms with E-state index in [1.54, 1.807) is 0 Å². The average molecular weight is 874 g/mol. The molecular weight excluding hydrogens is 831 g/mol. The maximum atomic E-state index is 2.53. The quantitative estimate of drug-likeness (QED) is 0.175. The van der Waals surface area contributed by atoms with Crippen LogP contribution in [0.1, 0.15) is 25.0 Å². The van der Waals surface area contributed by atoms with Crippen molar-refractivity contribution in [1.29, 1.82) is 0 Å². The molecule has 3 heterocycles. The molecule has 67 heavy (non-hydrogen) atoms. The Bertz CT molecular complexity index is 3790. The van der Waals surface area contributed by atoms with Gasteiger partial charge in [-0.25, -0.2) is 0 Å². The van der Waals surface area contributed by atoms with Crippen molar-refractivity contribution in [1.82, 2.24) is 4.57 Å². The summed E-state index contributed by atoms with van der Waals surface area (Å²) in [6.07, 6.45) is 0. The fourth-order valence-corrected chi connectivity index (χ4v) is 12.5. The molecule has 3 aliphatic rings. The molecule has 1 aromatic heterocycles. The van der Waals surface area contributed by atoms with E-state index in [2.05, 4.69) is 253 Å². The van der Waals surface area contributed by atoms with Crippen LogP contribution in [0.15, 0.2) is 234 Å². The van der Waals surface area contributed by atoms with Crippen LogP contribution in [0.5, 0.6) is 0 Å². The SMILES string of the molecule is CC1(C)c2ccccc2N(c2ccc3c(c2)-c2ccccc2-c2ccc(N4c5ccccc5Sc5ccccc54)cc2-c2ccccc2-3)c2cc3c(cc21)c1ccccc1n3-c1ccccc1. The molecule has 0 bridgehead atoms. The third-order valence-electron chi connectivity index (χ3n) is 14.5. The third-order valence-corrected chi connectivity index (χ3v) is 15.6. The van der Waals surface area contributed by atoms with Gasteiger partial charge in [0.2, 0.25) is 0 Å². The molecule has 1 aliphatic carbocycles. The zero-order chi connectivity index (χ0) is 44.4. The van der Waals surface area contributed by atoms with E-state index in [-0.39, 0.29) is 5.41 Å².